The average molecular weight is 300 g/mol. The Labute approximate surface area is 124 Å². The van der Waals surface area contributed by atoms with Gasteiger partial charge >= 0.3 is 6.09 Å². The van der Waals surface area contributed by atoms with Crippen LogP contribution < -0.4 is 14.8 Å². The molecular formula is C14H18ClNO4. The Morgan fingerprint density at radius 2 is 1.95 bits per heavy atom. The molecule has 0 aromatic heterocycles. The number of ether oxygens (including phenoxy) is 3. The first-order valence-electron chi connectivity index (χ1n) is 6.40. The number of hydrogen-bond donors (Lipinski definition) is 1. The molecule has 1 saturated heterocycles. The lowest BCUT2D eigenvalue weighted by Gasteiger charge is -2.39. The van der Waals surface area contributed by atoms with Gasteiger partial charge in [0.25, 0.3) is 0 Å². The smallest absolute Gasteiger partial charge is 0.407 e. The summed E-state index contributed by atoms with van der Waals surface area (Å²) in [5, 5.41) is 2.88. The van der Waals surface area contributed by atoms with Crippen LogP contribution in [0.5, 0.6) is 11.5 Å². The summed E-state index contributed by atoms with van der Waals surface area (Å²) in [6.45, 7) is 5.58. The quantitative estimate of drug-likeness (QED) is 0.866. The molecule has 1 fully saturated rings. The minimum absolute atomic E-state index is 0. The maximum Gasteiger partial charge on any atom is 0.407 e. The molecular weight excluding hydrogens is 282 g/mol. The number of nitrogens with one attached hydrogen (secondary N) is 1. The zero-order valence-corrected chi connectivity index (χ0v) is 12.3. The van der Waals surface area contributed by atoms with Crippen LogP contribution in [0, 0.1) is 5.41 Å². The van der Waals surface area contributed by atoms with E-state index >= 15 is 0 Å². The summed E-state index contributed by atoms with van der Waals surface area (Å²) in [6.07, 6.45) is -0.390. The number of amides is 1. The third-order valence-electron chi connectivity index (χ3n) is 3.53. The second-order valence-electron chi connectivity index (χ2n) is 5.51. The molecule has 1 N–H and O–H groups in total. The van der Waals surface area contributed by atoms with Crippen molar-refractivity contribution in [2.24, 2.45) is 5.41 Å². The van der Waals surface area contributed by atoms with Crippen LogP contribution in [0.25, 0.3) is 0 Å². The zero-order chi connectivity index (χ0) is 13.5. The Balaban J connectivity index is 0.00000147. The number of hydrogen-bond acceptors (Lipinski definition) is 4. The first-order valence-corrected chi connectivity index (χ1v) is 6.40. The molecule has 20 heavy (non-hydrogen) atoms. The predicted octanol–water partition coefficient (Wildman–Crippen LogP) is 2.69. The van der Waals surface area contributed by atoms with E-state index in [9.17, 15) is 4.79 Å². The normalized spacial score (nSPS) is 23.1. The molecule has 0 bridgehead atoms. The monoisotopic (exact) mass is 299 g/mol. The highest BCUT2D eigenvalue weighted by Crippen LogP contribution is 2.44. The highest BCUT2D eigenvalue weighted by molar-refractivity contribution is 5.85. The predicted molar refractivity (Wildman–Crippen MR) is 75.7 cm³/mol. The van der Waals surface area contributed by atoms with Crippen LogP contribution in [0.2, 0.25) is 0 Å². The van der Waals surface area contributed by atoms with Crippen LogP contribution in [0.1, 0.15) is 25.5 Å². The van der Waals surface area contributed by atoms with Crippen molar-refractivity contribution >= 4 is 18.5 Å². The van der Waals surface area contributed by atoms with E-state index in [0.717, 1.165) is 17.1 Å². The second-order valence-corrected chi connectivity index (χ2v) is 5.51. The van der Waals surface area contributed by atoms with E-state index in [4.69, 9.17) is 14.2 Å². The van der Waals surface area contributed by atoms with E-state index in [0.29, 0.717) is 19.8 Å². The standard InChI is InChI=1S/C14H17NO4.ClH/c1-14(2)8-19-13(16)15-12(14)9-4-3-5-10-11(9)18-7-6-17-10;/h3-5,12H,6-8H2,1-2H3,(H,15,16);1H/t12-;/m1./s1. The van der Waals surface area contributed by atoms with Gasteiger partial charge in [0.15, 0.2) is 11.5 Å². The van der Waals surface area contributed by atoms with Crippen molar-refractivity contribution < 1.29 is 19.0 Å². The molecule has 3 rings (SSSR count). The van der Waals surface area contributed by atoms with Crippen LogP contribution in [0.15, 0.2) is 18.2 Å². The number of alkyl carbamates (subject to hydrolysis) is 1. The molecule has 1 atom stereocenters. The van der Waals surface area contributed by atoms with Gasteiger partial charge in [0.05, 0.1) is 6.04 Å². The zero-order valence-electron chi connectivity index (χ0n) is 11.5. The Morgan fingerprint density at radius 1 is 1.20 bits per heavy atom. The van der Waals surface area contributed by atoms with Crippen LogP contribution >= 0.6 is 12.4 Å². The van der Waals surface area contributed by atoms with E-state index in [2.05, 4.69) is 19.2 Å². The molecule has 1 aromatic carbocycles. The van der Waals surface area contributed by atoms with Gasteiger partial charge in [0, 0.05) is 11.0 Å². The number of carbonyl (C=O) groups excluding carboxylic acids is 1. The number of carbonyl (C=O) groups is 1. The minimum Gasteiger partial charge on any atom is -0.486 e. The van der Waals surface area contributed by atoms with Crippen molar-refractivity contribution in [1.82, 2.24) is 5.32 Å². The molecule has 0 spiro atoms. The third-order valence-corrected chi connectivity index (χ3v) is 3.53. The van der Waals surface area contributed by atoms with E-state index in [1.807, 2.05) is 18.2 Å². The van der Waals surface area contributed by atoms with Crippen LogP contribution in [0.4, 0.5) is 4.79 Å². The number of fused-ring (bicyclic) bond motifs is 1. The van der Waals surface area contributed by atoms with Gasteiger partial charge in [-0.05, 0) is 6.07 Å². The lowest BCUT2D eigenvalue weighted by molar-refractivity contribution is 0.0371. The highest BCUT2D eigenvalue weighted by Gasteiger charge is 2.40. The van der Waals surface area contributed by atoms with Gasteiger partial charge in [-0.3, -0.25) is 0 Å². The van der Waals surface area contributed by atoms with Gasteiger partial charge in [-0.1, -0.05) is 26.0 Å². The van der Waals surface area contributed by atoms with Gasteiger partial charge in [-0.15, -0.1) is 12.4 Å². The molecule has 1 aromatic rings. The van der Waals surface area contributed by atoms with E-state index in [1.54, 1.807) is 0 Å². The molecule has 1 amide bonds. The fourth-order valence-electron chi connectivity index (χ4n) is 2.51. The van der Waals surface area contributed by atoms with Gasteiger partial charge in [0.1, 0.15) is 19.8 Å². The van der Waals surface area contributed by atoms with Crippen LogP contribution in [0.3, 0.4) is 0 Å². The van der Waals surface area contributed by atoms with Crippen molar-refractivity contribution in [3.8, 4) is 11.5 Å². The van der Waals surface area contributed by atoms with Crippen molar-refractivity contribution in [3.05, 3.63) is 23.8 Å². The highest BCUT2D eigenvalue weighted by atomic mass is 35.5. The number of para-hydroxylation sites is 1. The number of rotatable bonds is 1. The number of cyclic esters (lactones) is 1. The SMILES string of the molecule is CC1(C)COC(=O)N[C@@H]1c1cccc2c1OCCO2.Cl. The number of benzene rings is 1. The summed E-state index contributed by atoms with van der Waals surface area (Å²) in [5.74, 6) is 1.47. The summed E-state index contributed by atoms with van der Waals surface area (Å²) >= 11 is 0. The Hall–Kier alpha value is -1.62. The van der Waals surface area contributed by atoms with Gasteiger partial charge in [0.2, 0.25) is 0 Å². The molecule has 2 aliphatic rings. The summed E-state index contributed by atoms with van der Waals surface area (Å²) in [4.78, 5) is 11.5. The maximum absolute atomic E-state index is 11.5. The first kappa shape index (κ1) is 14.8. The number of halogens is 1. The van der Waals surface area contributed by atoms with Crippen molar-refractivity contribution in [3.63, 3.8) is 0 Å². The minimum atomic E-state index is -0.390. The van der Waals surface area contributed by atoms with Crippen molar-refractivity contribution in [2.45, 2.75) is 19.9 Å². The second kappa shape index (κ2) is 5.40. The Morgan fingerprint density at radius 3 is 2.75 bits per heavy atom. The van der Waals surface area contributed by atoms with Crippen LogP contribution in [-0.2, 0) is 4.74 Å². The Bertz CT molecular complexity index is 518. The summed E-state index contributed by atoms with van der Waals surface area (Å²) in [5.41, 5.74) is 0.739. The van der Waals surface area contributed by atoms with Gasteiger partial charge in [-0.2, -0.15) is 0 Å². The Kier molecular flexibility index (Phi) is 3.99. The molecule has 0 aliphatic carbocycles. The molecule has 0 radical (unpaired) electrons. The van der Waals surface area contributed by atoms with Crippen LogP contribution in [-0.4, -0.2) is 25.9 Å². The molecule has 2 heterocycles. The third kappa shape index (κ3) is 2.50. The largest absolute Gasteiger partial charge is 0.486 e. The van der Waals surface area contributed by atoms with Gasteiger partial charge in [-0.25, -0.2) is 4.79 Å². The molecule has 0 saturated carbocycles. The molecule has 2 aliphatic heterocycles. The molecule has 6 heteroatoms. The van der Waals surface area contributed by atoms with E-state index in [1.165, 1.54) is 0 Å². The lowest BCUT2D eigenvalue weighted by Crippen LogP contribution is -2.47. The fraction of sp³-hybridized carbons (Fsp3) is 0.500. The molecule has 5 nitrogen and oxygen atoms in total. The maximum atomic E-state index is 11.5. The topological polar surface area (TPSA) is 56.8 Å². The average Bonchev–Trinajstić information content (AvgIpc) is 2.41. The first-order chi connectivity index (χ1) is 9.08. The van der Waals surface area contributed by atoms with E-state index < -0.39 is 6.09 Å². The molecule has 110 valence electrons. The van der Waals surface area contributed by atoms with Crippen molar-refractivity contribution in [2.75, 3.05) is 19.8 Å². The summed E-state index contributed by atoms with van der Waals surface area (Å²) in [6, 6.07) is 5.61. The lowest BCUT2D eigenvalue weighted by atomic mass is 9.80. The van der Waals surface area contributed by atoms with Crippen molar-refractivity contribution in [1.29, 1.82) is 0 Å². The summed E-state index contributed by atoms with van der Waals surface area (Å²) < 4.78 is 16.4. The van der Waals surface area contributed by atoms with E-state index in [-0.39, 0.29) is 23.9 Å². The molecule has 0 unspecified atom stereocenters. The van der Waals surface area contributed by atoms with Gasteiger partial charge < -0.3 is 19.5 Å². The fourth-order valence-corrected chi connectivity index (χ4v) is 2.51. The summed E-state index contributed by atoms with van der Waals surface area (Å²) in [7, 11) is 0.